The number of fused-ring (bicyclic) bond motifs is 3. The van der Waals surface area contributed by atoms with Crippen molar-refractivity contribution in [2.24, 2.45) is 5.73 Å². The first kappa shape index (κ1) is 54.7. The topological polar surface area (TPSA) is 312 Å². The molecule has 2 aliphatic heterocycles. The van der Waals surface area contributed by atoms with Gasteiger partial charge in [-0.25, -0.2) is 4.98 Å². The molecule has 0 spiro atoms. The standard InChI is InChI=1S/C54H68N12O9/c1-3-4-16-41(60-32(2)67)49(70)63-44-28-47(68)57-22-11-9-18-40(48(55)69)61-50(71)42(26-36-29-58-39-17-8-7-15-38(36)39)64-53(74)46-19-10-12-23-66(46)54(75)45(25-33-20-21-34-13-5-6-14-35(34)24-33)65-51(72)43(62-52(44)73)27-37-30-56-31-59-37/h5-8,13-15,17,20-21,24,29-31,40-46,58H,3-4,9-12,16,18-19,22-23,25-28H2,1-2H3,(H2,55,69)(H,56,59)(H,57,68)(H,60,67)(H,61,71)(H,62,73)(H,63,70)(H,64,74)(H,65,72)/t40-,41-,42-,43-,44-,45+,46-/m0/s1. The second-order valence-electron chi connectivity index (χ2n) is 19.4. The quantitative estimate of drug-likeness (QED) is 0.0815. The number of hydrogen-bond acceptors (Lipinski definition) is 10. The average molecular weight is 1030 g/mol. The second-order valence-corrected chi connectivity index (χ2v) is 19.4. The number of aromatic nitrogens is 3. The van der Waals surface area contributed by atoms with Crippen LogP contribution in [0.3, 0.4) is 0 Å². The summed E-state index contributed by atoms with van der Waals surface area (Å²) < 4.78 is 0. The maximum atomic E-state index is 15.3. The molecule has 5 aromatic rings. The molecule has 11 N–H and O–H groups in total. The Hall–Kier alpha value is -8.10. The molecule has 0 bridgehead atoms. The van der Waals surface area contributed by atoms with Crippen LogP contribution in [-0.4, -0.2) is 128 Å². The fourth-order valence-corrected chi connectivity index (χ4v) is 9.76. The van der Waals surface area contributed by atoms with Crippen molar-refractivity contribution in [1.29, 1.82) is 0 Å². The Morgan fingerprint density at radius 3 is 2.25 bits per heavy atom. The Bertz CT molecular complexity index is 2850. The molecule has 7 atom stereocenters. The van der Waals surface area contributed by atoms with Crippen molar-refractivity contribution in [3.63, 3.8) is 0 Å². The zero-order chi connectivity index (χ0) is 53.4. The number of primary amides is 1. The third-order valence-electron chi connectivity index (χ3n) is 13.8. The van der Waals surface area contributed by atoms with Crippen molar-refractivity contribution in [1.82, 2.24) is 57.1 Å². The van der Waals surface area contributed by atoms with Gasteiger partial charge in [0.1, 0.15) is 42.3 Å². The lowest BCUT2D eigenvalue weighted by atomic mass is 9.96. The van der Waals surface area contributed by atoms with E-state index in [1.165, 1.54) is 24.3 Å². The van der Waals surface area contributed by atoms with Gasteiger partial charge in [0.05, 0.1) is 12.7 Å². The van der Waals surface area contributed by atoms with E-state index in [0.717, 1.165) is 21.7 Å². The predicted molar refractivity (Wildman–Crippen MR) is 279 cm³/mol. The maximum Gasteiger partial charge on any atom is 0.246 e. The summed E-state index contributed by atoms with van der Waals surface area (Å²) in [6.07, 6.45) is 7.40. The van der Waals surface area contributed by atoms with Crippen LogP contribution in [0, 0.1) is 0 Å². The highest BCUT2D eigenvalue weighted by Gasteiger charge is 2.40. The van der Waals surface area contributed by atoms with E-state index >= 15 is 4.79 Å². The molecule has 0 unspecified atom stereocenters. The van der Waals surface area contributed by atoms with Crippen molar-refractivity contribution in [3.8, 4) is 0 Å². The van der Waals surface area contributed by atoms with Gasteiger partial charge in [0, 0.05) is 68.3 Å². The Morgan fingerprint density at radius 2 is 1.49 bits per heavy atom. The highest BCUT2D eigenvalue weighted by Crippen LogP contribution is 2.24. The third-order valence-corrected chi connectivity index (χ3v) is 13.8. The van der Waals surface area contributed by atoms with Crippen LogP contribution in [0.5, 0.6) is 0 Å². The third kappa shape index (κ3) is 15.0. The minimum atomic E-state index is -1.55. The molecule has 21 heteroatoms. The van der Waals surface area contributed by atoms with E-state index in [0.29, 0.717) is 55.3 Å². The Balaban J connectivity index is 1.26. The molecule has 7 rings (SSSR count). The van der Waals surface area contributed by atoms with Crippen LogP contribution >= 0.6 is 0 Å². The molecule has 0 radical (unpaired) electrons. The molecule has 9 amide bonds. The van der Waals surface area contributed by atoms with Gasteiger partial charge in [-0.2, -0.15) is 0 Å². The first-order valence-electron chi connectivity index (χ1n) is 25.8. The largest absolute Gasteiger partial charge is 0.368 e. The van der Waals surface area contributed by atoms with Crippen LogP contribution in [0.15, 0.2) is 85.5 Å². The SMILES string of the molecule is CCCC[C@H](NC(C)=O)C(=O)N[C@H]1CC(=O)NCCCC[C@@H](C(N)=O)NC(=O)[C@H](Cc2c[nH]c3ccccc23)NC(=O)[C@@H]2CCCCN2C(=O)[C@@H](Cc2ccc3ccccc3c2)NC(=O)[C@H](Cc2cnc[nH]2)NC1=O. The molecule has 0 aliphatic carbocycles. The second kappa shape index (κ2) is 26.2. The Kier molecular flexibility index (Phi) is 19.1. The van der Waals surface area contributed by atoms with E-state index in [2.05, 4.69) is 52.2 Å². The van der Waals surface area contributed by atoms with Gasteiger partial charge >= 0.3 is 0 Å². The number of nitrogens with two attached hydrogens (primary N) is 1. The van der Waals surface area contributed by atoms with Crippen LogP contribution < -0.4 is 43.0 Å². The van der Waals surface area contributed by atoms with Gasteiger partial charge in [-0.05, 0) is 72.9 Å². The van der Waals surface area contributed by atoms with Crippen molar-refractivity contribution in [2.45, 2.75) is 140 Å². The van der Waals surface area contributed by atoms with Crippen LogP contribution in [0.2, 0.25) is 0 Å². The zero-order valence-electron chi connectivity index (χ0n) is 42.4. The number of piperidine rings is 1. The summed E-state index contributed by atoms with van der Waals surface area (Å²) in [5.74, 6) is -6.22. The van der Waals surface area contributed by atoms with E-state index in [4.69, 9.17) is 5.73 Å². The monoisotopic (exact) mass is 1030 g/mol. The van der Waals surface area contributed by atoms with Gasteiger partial charge in [0.15, 0.2) is 0 Å². The number of carbonyl (C=O) groups excluding carboxylic acids is 9. The van der Waals surface area contributed by atoms with Gasteiger partial charge in [-0.3, -0.25) is 43.2 Å². The number of H-pyrrole nitrogens is 2. The van der Waals surface area contributed by atoms with Crippen molar-refractivity contribution < 1.29 is 43.2 Å². The lowest BCUT2D eigenvalue weighted by Gasteiger charge is -2.38. The molecule has 3 aromatic carbocycles. The molecule has 2 aromatic heterocycles. The zero-order valence-corrected chi connectivity index (χ0v) is 42.4. The van der Waals surface area contributed by atoms with Gasteiger partial charge in [0.2, 0.25) is 53.2 Å². The number of carbonyl (C=O) groups is 9. The Morgan fingerprint density at radius 1 is 0.773 bits per heavy atom. The van der Waals surface area contributed by atoms with Crippen LogP contribution in [0.25, 0.3) is 21.7 Å². The number of nitrogens with zero attached hydrogens (tertiary/aromatic N) is 2. The van der Waals surface area contributed by atoms with Gasteiger partial charge < -0.3 is 57.8 Å². The van der Waals surface area contributed by atoms with E-state index in [1.807, 2.05) is 73.7 Å². The first-order chi connectivity index (χ1) is 36.2. The predicted octanol–water partition coefficient (Wildman–Crippen LogP) is 1.75. The minimum absolute atomic E-state index is 0.0118. The van der Waals surface area contributed by atoms with Crippen molar-refractivity contribution >= 4 is 74.8 Å². The number of para-hydroxylation sites is 1. The fraction of sp³-hybridized carbons (Fsp3) is 0.444. The summed E-state index contributed by atoms with van der Waals surface area (Å²) in [5, 5.41) is 22.0. The molecule has 2 fully saturated rings. The number of unbranched alkanes of at least 4 members (excludes halogenated alkanes) is 1. The van der Waals surface area contributed by atoms with Crippen LogP contribution in [0.1, 0.15) is 94.9 Å². The summed E-state index contributed by atoms with van der Waals surface area (Å²) in [6, 6.07) is 12.0. The van der Waals surface area contributed by atoms with E-state index < -0.39 is 102 Å². The van der Waals surface area contributed by atoms with Crippen LogP contribution in [-0.2, 0) is 62.4 Å². The van der Waals surface area contributed by atoms with Gasteiger partial charge in [-0.15, -0.1) is 0 Å². The average Bonchev–Trinajstić information content (AvgIpc) is 4.07. The van der Waals surface area contributed by atoms with Gasteiger partial charge in [0.25, 0.3) is 0 Å². The Labute approximate surface area is 434 Å². The van der Waals surface area contributed by atoms with E-state index in [1.54, 1.807) is 6.20 Å². The maximum absolute atomic E-state index is 15.3. The normalized spacial score (nSPS) is 22.4. The summed E-state index contributed by atoms with van der Waals surface area (Å²) in [4.78, 5) is 138. The van der Waals surface area contributed by atoms with E-state index in [9.17, 15) is 38.4 Å². The highest BCUT2D eigenvalue weighted by molar-refractivity contribution is 5.99. The molecule has 398 valence electrons. The molecule has 4 heterocycles. The number of rotatable bonds is 13. The summed E-state index contributed by atoms with van der Waals surface area (Å²) in [7, 11) is 0. The van der Waals surface area contributed by atoms with Crippen molar-refractivity contribution in [3.05, 3.63) is 102 Å². The summed E-state index contributed by atoms with van der Waals surface area (Å²) >= 11 is 0. The molecule has 0 saturated carbocycles. The number of nitrogens with one attached hydrogen (secondary N) is 9. The smallest absolute Gasteiger partial charge is 0.246 e. The summed E-state index contributed by atoms with van der Waals surface area (Å²) in [5.41, 5.74) is 8.48. The number of aromatic amines is 2. The molecular weight excluding hydrogens is 961 g/mol. The lowest BCUT2D eigenvalue weighted by molar-refractivity contribution is -0.146. The summed E-state index contributed by atoms with van der Waals surface area (Å²) in [6.45, 7) is 3.38. The number of amides is 9. The molecule has 21 nitrogen and oxygen atoms in total. The highest BCUT2D eigenvalue weighted by atomic mass is 16.2. The molecule has 2 aliphatic rings. The van der Waals surface area contributed by atoms with Gasteiger partial charge in [-0.1, -0.05) is 80.4 Å². The number of imidazole rings is 1. The number of hydrogen-bond donors (Lipinski definition) is 10. The number of benzene rings is 3. The van der Waals surface area contributed by atoms with Crippen LogP contribution in [0.4, 0.5) is 0 Å². The minimum Gasteiger partial charge on any atom is -0.368 e. The molecule has 2 saturated heterocycles. The molecular formula is C54H68N12O9. The fourth-order valence-electron chi connectivity index (χ4n) is 9.76. The van der Waals surface area contributed by atoms with E-state index in [-0.39, 0.29) is 51.6 Å². The molecule has 75 heavy (non-hydrogen) atoms. The van der Waals surface area contributed by atoms with Crippen molar-refractivity contribution in [2.75, 3.05) is 13.1 Å². The lowest BCUT2D eigenvalue weighted by Crippen LogP contribution is -2.62. The first-order valence-corrected chi connectivity index (χ1v) is 25.8.